The average Bonchev–Trinajstić information content (AvgIpc) is 2.49. The van der Waals surface area contributed by atoms with Gasteiger partial charge in [0.05, 0.1) is 0 Å². The van der Waals surface area contributed by atoms with Gasteiger partial charge >= 0.3 is 11.7 Å². The topological polar surface area (TPSA) is 74.5 Å². The number of hydrogen-bond acceptors (Lipinski definition) is 5. The zero-order chi connectivity index (χ0) is 8.55. The van der Waals surface area contributed by atoms with Gasteiger partial charge in [-0.25, -0.2) is 0 Å². The molecule has 0 N–H and O–H groups in total. The van der Waals surface area contributed by atoms with Crippen LogP contribution in [0, 0.1) is 10.1 Å². The number of rotatable bonds is 1. The summed E-state index contributed by atoms with van der Waals surface area (Å²) in [6.07, 6.45) is 0. The van der Waals surface area contributed by atoms with Gasteiger partial charge in [-0.05, 0) is 11.0 Å². The molecule has 0 saturated heterocycles. The van der Waals surface area contributed by atoms with Crippen LogP contribution in [-0.2, 0) is 0 Å². The average molecular weight is 168 g/mol. The normalized spacial score (nSPS) is 13.0. The van der Waals surface area contributed by atoms with Crippen molar-refractivity contribution in [1.29, 1.82) is 0 Å². The number of pyridine rings is 1. The molecule has 0 radical (unpaired) electrons. The van der Waals surface area contributed by atoms with Crippen molar-refractivity contribution >= 4 is 5.82 Å². The highest BCUT2D eigenvalue weighted by atomic mass is 16.7. The number of fused-ring (bicyclic) bond motifs is 1. The van der Waals surface area contributed by atoms with Crippen molar-refractivity contribution in [3.05, 3.63) is 22.2 Å². The summed E-state index contributed by atoms with van der Waals surface area (Å²) >= 11 is 0. The minimum atomic E-state index is -0.581. The van der Waals surface area contributed by atoms with E-state index in [4.69, 9.17) is 9.47 Å². The molecule has 0 fully saturated rings. The molecular formula is C6H4N2O4. The second kappa shape index (κ2) is 2.33. The van der Waals surface area contributed by atoms with Crippen LogP contribution in [-0.4, -0.2) is 16.7 Å². The van der Waals surface area contributed by atoms with Gasteiger partial charge in [-0.15, -0.1) is 0 Å². The Morgan fingerprint density at radius 1 is 1.50 bits per heavy atom. The Bertz CT molecular complexity index is 338. The largest absolute Gasteiger partial charge is 0.449 e. The van der Waals surface area contributed by atoms with E-state index < -0.39 is 4.92 Å². The Balaban J connectivity index is 2.45. The maximum absolute atomic E-state index is 10.2. The van der Waals surface area contributed by atoms with Gasteiger partial charge in [-0.2, -0.15) is 0 Å². The van der Waals surface area contributed by atoms with Crippen LogP contribution in [0.3, 0.4) is 0 Å². The Kier molecular flexibility index (Phi) is 1.33. The molecule has 1 aliphatic rings. The fourth-order valence-electron chi connectivity index (χ4n) is 0.882. The lowest BCUT2D eigenvalue weighted by molar-refractivity contribution is -0.389. The molecule has 1 aromatic rings. The van der Waals surface area contributed by atoms with Gasteiger partial charge in [0.1, 0.15) is 0 Å². The van der Waals surface area contributed by atoms with Crippen molar-refractivity contribution in [1.82, 2.24) is 4.98 Å². The first-order chi connectivity index (χ1) is 5.77. The second-order valence-electron chi connectivity index (χ2n) is 2.14. The molecule has 0 unspecified atom stereocenters. The smallest absolute Gasteiger partial charge is 0.374 e. The summed E-state index contributed by atoms with van der Waals surface area (Å²) < 4.78 is 9.78. The quantitative estimate of drug-likeness (QED) is 0.456. The van der Waals surface area contributed by atoms with Crippen molar-refractivity contribution in [3.63, 3.8) is 0 Å². The monoisotopic (exact) mass is 168 g/mol. The van der Waals surface area contributed by atoms with Crippen LogP contribution in [0.5, 0.6) is 11.6 Å². The van der Waals surface area contributed by atoms with Gasteiger partial charge in [-0.3, -0.25) is 0 Å². The highest BCUT2D eigenvalue weighted by Crippen LogP contribution is 2.31. The summed E-state index contributed by atoms with van der Waals surface area (Å²) in [6.45, 7) is 0.0729. The van der Waals surface area contributed by atoms with Gasteiger partial charge in [0.25, 0.3) is 0 Å². The first-order valence-corrected chi connectivity index (χ1v) is 3.18. The Morgan fingerprint density at radius 3 is 3.08 bits per heavy atom. The van der Waals surface area contributed by atoms with E-state index in [1.54, 1.807) is 0 Å². The Morgan fingerprint density at radius 2 is 2.33 bits per heavy atom. The number of ether oxygens (including phenoxy) is 2. The molecule has 6 heteroatoms. The van der Waals surface area contributed by atoms with E-state index >= 15 is 0 Å². The Labute approximate surface area is 66.9 Å². The van der Waals surface area contributed by atoms with Gasteiger partial charge in [0, 0.05) is 11.1 Å². The number of hydrogen-bond donors (Lipinski definition) is 0. The molecule has 0 amide bonds. The standard InChI is InChI=1S/C6H4N2O4/c9-8(10)5-2-1-4-6(7-5)12-3-11-4/h1-2H,3H2. The van der Waals surface area contributed by atoms with Crippen LogP contribution in [0.2, 0.25) is 0 Å². The van der Waals surface area contributed by atoms with Crippen LogP contribution < -0.4 is 9.47 Å². The zero-order valence-electron chi connectivity index (χ0n) is 5.89. The summed E-state index contributed by atoms with van der Waals surface area (Å²) in [5.41, 5.74) is 0. The number of aromatic nitrogens is 1. The molecule has 0 aromatic carbocycles. The lowest BCUT2D eigenvalue weighted by Gasteiger charge is -1.91. The molecule has 1 aromatic heterocycles. The van der Waals surface area contributed by atoms with E-state index in [-0.39, 0.29) is 18.5 Å². The van der Waals surface area contributed by atoms with E-state index in [2.05, 4.69) is 4.98 Å². The van der Waals surface area contributed by atoms with E-state index in [0.717, 1.165) is 0 Å². The van der Waals surface area contributed by atoms with Gasteiger partial charge in [0.2, 0.25) is 12.5 Å². The zero-order valence-corrected chi connectivity index (χ0v) is 5.89. The predicted molar refractivity (Wildman–Crippen MR) is 37.0 cm³/mol. The molecule has 0 aliphatic carbocycles. The summed E-state index contributed by atoms with van der Waals surface area (Å²) in [6, 6.07) is 2.74. The van der Waals surface area contributed by atoms with Gasteiger partial charge < -0.3 is 19.6 Å². The molecule has 0 atom stereocenters. The van der Waals surface area contributed by atoms with Crippen LogP contribution in [0.25, 0.3) is 0 Å². The first-order valence-electron chi connectivity index (χ1n) is 3.18. The minimum absolute atomic E-state index is 0.0729. The second-order valence-corrected chi connectivity index (χ2v) is 2.14. The van der Waals surface area contributed by atoms with Crippen molar-refractivity contribution in [3.8, 4) is 11.6 Å². The summed E-state index contributed by atoms with van der Waals surface area (Å²) in [5.74, 6) is 0.393. The SMILES string of the molecule is O=[N+]([O-])c1ccc2c(n1)OCO2. The van der Waals surface area contributed by atoms with Gasteiger partial charge in [-0.1, -0.05) is 0 Å². The highest BCUT2D eigenvalue weighted by molar-refractivity contribution is 5.40. The first kappa shape index (κ1) is 6.84. The number of nitrogens with zero attached hydrogens (tertiary/aromatic N) is 2. The number of nitro groups is 1. The highest BCUT2D eigenvalue weighted by Gasteiger charge is 2.22. The third kappa shape index (κ3) is 0.931. The molecule has 1 aliphatic heterocycles. The fraction of sp³-hybridized carbons (Fsp3) is 0.167. The van der Waals surface area contributed by atoms with Crippen molar-refractivity contribution in [2.24, 2.45) is 0 Å². The van der Waals surface area contributed by atoms with E-state index in [0.29, 0.717) is 5.75 Å². The van der Waals surface area contributed by atoms with Crippen LogP contribution >= 0.6 is 0 Å². The lowest BCUT2D eigenvalue weighted by atomic mass is 10.4. The van der Waals surface area contributed by atoms with Crippen LogP contribution in [0.1, 0.15) is 0 Å². The van der Waals surface area contributed by atoms with Crippen molar-refractivity contribution < 1.29 is 14.4 Å². The molecule has 6 nitrogen and oxygen atoms in total. The molecule has 0 spiro atoms. The van der Waals surface area contributed by atoms with Gasteiger partial charge in [0.15, 0.2) is 0 Å². The maximum Gasteiger partial charge on any atom is 0.374 e. The fourth-order valence-corrected chi connectivity index (χ4v) is 0.882. The summed E-state index contributed by atoms with van der Waals surface area (Å²) in [7, 11) is 0. The predicted octanol–water partition coefficient (Wildman–Crippen LogP) is 0.718. The van der Waals surface area contributed by atoms with Crippen molar-refractivity contribution in [2.45, 2.75) is 0 Å². The lowest BCUT2D eigenvalue weighted by Crippen LogP contribution is -1.94. The summed E-state index contributed by atoms with van der Waals surface area (Å²) in [5, 5.41) is 10.2. The van der Waals surface area contributed by atoms with E-state index in [1.807, 2.05) is 0 Å². The molecule has 12 heavy (non-hydrogen) atoms. The third-order valence-electron chi connectivity index (χ3n) is 1.41. The third-order valence-corrected chi connectivity index (χ3v) is 1.41. The maximum atomic E-state index is 10.2. The molecule has 0 saturated carbocycles. The van der Waals surface area contributed by atoms with E-state index in [1.165, 1.54) is 12.1 Å². The van der Waals surface area contributed by atoms with E-state index in [9.17, 15) is 10.1 Å². The van der Waals surface area contributed by atoms with Crippen LogP contribution in [0.15, 0.2) is 12.1 Å². The van der Waals surface area contributed by atoms with Crippen LogP contribution in [0.4, 0.5) is 5.82 Å². The minimum Gasteiger partial charge on any atom is -0.449 e. The molecule has 62 valence electrons. The molecule has 0 bridgehead atoms. The molecular weight excluding hydrogens is 164 g/mol. The summed E-state index contributed by atoms with van der Waals surface area (Å²) in [4.78, 5) is 13.3. The molecule has 2 heterocycles. The Hall–Kier alpha value is -1.85. The van der Waals surface area contributed by atoms with Crippen molar-refractivity contribution in [2.75, 3.05) is 6.79 Å². The molecule has 2 rings (SSSR count).